The Morgan fingerprint density at radius 3 is 2.24 bits per heavy atom. The minimum atomic E-state index is -3.50. The Morgan fingerprint density at radius 2 is 1.62 bits per heavy atom. The average molecular weight is 528 g/mol. The minimum Gasteiger partial charge on any atom is -0.352 e. The van der Waals surface area contributed by atoms with Gasteiger partial charge in [0.15, 0.2) is 0 Å². The van der Waals surface area contributed by atoms with Crippen LogP contribution in [0.5, 0.6) is 0 Å². The summed E-state index contributed by atoms with van der Waals surface area (Å²) in [5.74, 6) is -0.259. The number of nitrogens with one attached hydrogen (secondary N) is 1. The Morgan fingerprint density at radius 1 is 0.973 bits per heavy atom. The fraction of sp³-hybridized carbons (Fsp3) is 0.517. The highest BCUT2D eigenvalue weighted by molar-refractivity contribution is 7.92. The molecule has 0 bridgehead atoms. The van der Waals surface area contributed by atoms with E-state index in [0.717, 1.165) is 36.8 Å². The van der Waals surface area contributed by atoms with Crippen LogP contribution in [0, 0.1) is 6.92 Å². The van der Waals surface area contributed by atoms with Crippen molar-refractivity contribution >= 4 is 27.5 Å². The summed E-state index contributed by atoms with van der Waals surface area (Å²) >= 11 is 0. The van der Waals surface area contributed by atoms with Crippen LogP contribution < -0.4 is 9.62 Å². The molecule has 0 saturated heterocycles. The first kappa shape index (κ1) is 28.7. The molecule has 202 valence electrons. The van der Waals surface area contributed by atoms with Crippen molar-refractivity contribution in [2.45, 2.75) is 77.3 Å². The van der Waals surface area contributed by atoms with Crippen molar-refractivity contribution in [3.63, 3.8) is 0 Å². The zero-order valence-electron chi connectivity index (χ0n) is 22.4. The molecule has 1 N–H and O–H groups in total. The zero-order valence-corrected chi connectivity index (χ0v) is 23.2. The highest BCUT2D eigenvalue weighted by atomic mass is 32.2. The summed E-state index contributed by atoms with van der Waals surface area (Å²) in [5.41, 5.74) is 2.73. The van der Waals surface area contributed by atoms with Crippen LogP contribution in [0.4, 0.5) is 5.69 Å². The van der Waals surface area contributed by atoms with E-state index in [-0.39, 0.29) is 30.8 Å². The lowest BCUT2D eigenvalue weighted by atomic mass is 9.95. The number of sulfonamides is 1. The summed E-state index contributed by atoms with van der Waals surface area (Å²) in [6.45, 7) is 4.36. The first-order valence-electron chi connectivity index (χ1n) is 13.3. The lowest BCUT2D eigenvalue weighted by Crippen LogP contribution is -2.51. The summed E-state index contributed by atoms with van der Waals surface area (Å²) in [6, 6.07) is 16.8. The predicted molar refractivity (Wildman–Crippen MR) is 149 cm³/mol. The molecule has 2 aromatic rings. The lowest BCUT2D eigenvalue weighted by Gasteiger charge is -2.31. The van der Waals surface area contributed by atoms with Crippen molar-refractivity contribution in [3.05, 3.63) is 65.7 Å². The van der Waals surface area contributed by atoms with Crippen LogP contribution in [0.15, 0.2) is 54.6 Å². The van der Waals surface area contributed by atoms with Crippen LogP contribution in [0.2, 0.25) is 0 Å². The maximum absolute atomic E-state index is 13.4. The fourth-order valence-corrected chi connectivity index (χ4v) is 5.82. The van der Waals surface area contributed by atoms with Crippen LogP contribution in [-0.2, 0) is 26.0 Å². The third-order valence-corrected chi connectivity index (χ3v) is 8.27. The lowest BCUT2D eigenvalue weighted by molar-refractivity contribution is -0.140. The molecule has 8 heteroatoms. The zero-order chi connectivity index (χ0) is 26.8. The van der Waals surface area contributed by atoms with E-state index in [4.69, 9.17) is 0 Å². The maximum atomic E-state index is 13.4. The van der Waals surface area contributed by atoms with Crippen molar-refractivity contribution in [2.75, 3.05) is 23.7 Å². The molecule has 0 aromatic heterocycles. The van der Waals surface area contributed by atoms with Gasteiger partial charge in [0.2, 0.25) is 21.8 Å². The van der Waals surface area contributed by atoms with Crippen molar-refractivity contribution in [3.8, 4) is 0 Å². The number of hydrogen-bond acceptors (Lipinski definition) is 4. The van der Waals surface area contributed by atoms with Crippen molar-refractivity contribution < 1.29 is 18.0 Å². The SMILES string of the molecule is Cc1ccc(N(CCCC(=O)N(CCc2ccccc2)[C@@H](C)C(=O)NC2CCCCC2)S(C)(=O)=O)cc1. The van der Waals surface area contributed by atoms with Gasteiger partial charge in [0, 0.05) is 25.6 Å². The van der Waals surface area contributed by atoms with Crippen LogP contribution in [-0.4, -0.2) is 56.6 Å². The summed E-state index contributed by atoms with van der Waals surface area (Å²) < 4.78 is 26.2. The molecule has 1 atom stereocenters. The highest BCUT2D eigenvalue weighted by Crippen LogP contribution is 2.20. The van der Waals surface area contributed by atoms with E-state index in [9.17, 15) is 18.0 Å². The predicted octanol–water partition coefficient (Wildman–Crippen LogP) is 4.45. The molecule has 0 radical (unpaired) electrons. The Hall–Kier alpha value is -2.87. The normalized spacial score (nSPS) is 15.1. The largest absolute Gasteiger partial charge is 0.352 e. The standard InChI is InChI=1S/C29H41N3O4S/c1-23-16-18-27(19-17-23)32(37(3,35)36)21-10-15-28(33)31(22-20-25-11-6-4-7-12-25)24(2)29(34)30-26-13-8-5-9-14-26/h4,6-7,11-12,16-19,24,26H,5,8-10,13-15,20-22H2,1-3H3,(H,30,34)/t24-/m0/s1. The molecule has 0 aliphatic heterocycles. The van der Waals surface area contributed by atoms with Gasteiger partial charge >= 0.3 is 0 Å². The number of carbonyl (C=O) groups is 2. The number of nitrogens with zero attached hydrogens (tertiary/aromatic N) is 2. The topological polar surface area (TPSA) is 86.8 Å². The van der Waals surface area contributed by atoms with Crippen LogP contribution in [0.3, 0.4) is 0 Å². The van der Waals surface area contributed by atoms with Gasteiger partial charge in [-0.05, 0) is 57.2 Å². The Balaban J connectivity index is 1.66. The Kier molecular flexibility index (Phi) is 10.6. The van der Waals surface area contributed by atoms with Crippen LogP contribution >= 0.6 is 0 Å². The van der Waals surface area contributed by atoms with Gasteiger partial charge in [0.05, 0.1) is 11.9 Å². The van der Waals surface area contributed by atoms with Gasteiger partial charge < -0.3 is 10.2 Å². The molecule has 1 aliphatic carbocycles. The van der Waals surface area contributed by atoms with E-state index in [2.05, 4.69) is 5.32 Å². The molecule has 7 nitrogen and oxygen atoms in total. The number of rotatable bonds is 12. The molecule has 0 unspecified atom stereocenters. The summed E-state index contributed by atoms with van der Waals surface area (Å²) in [7, 11) is -3.50. The molecule has 2 amide bonds. The van der Waals surface area contributed by atoms with Crippen LogP contribution in [0.1, 0.15) is 63.0 Å². The highest BCUT2D eigenvalue weighted by Gasteiger charge is 2.28. The molecule has 1 fully saturated rings. The van der Waals surface area contributed by atoms with Gasteiger partial charge in [0.25, 0.3) is 0 Å². The molecule has 1 aliphatic rings. The monoisotopic (exact) mass is 527 g/mol. The number of amides is 2. The molecular weight excluding hydrogens is 486 g/mol. The van der Waals surface area contributed by atoms with Crippen molar-refractivity contribution in [1.82, 2.24) is 10.2 Å². The second-order valence-electron chi connectivity index (χ2n) is 10.1. The molecule has 0 spiro atoms. The number of anilines is 1. The van der Waals surface area contributed by atoms with E-state index in [1.807, 2.05) is 49.4 Å². The second-order valence-corrected chi connectivity index (χ2v) is 12.0. The third kappa shape index (κ3) is 8.88. The van der Waals surface area contributed by atoms with E-state index in [0.29, 0.717) is 25.1 Å². The van der Waals surface area contributed by atoms with Gasteiger partial charge in [-0.1, -0.05) is 67.3 Å². The summed E-state index contributed by atoms with van der Waals surface area (Å²) in [5, 5.41) is 3.15. The number of benzene rings is 2. The van der Waals surface area contributed by atoms with Crippen LogP contribution in [0.25, 0.3) is 0 Å². The average Bonchev–Trinajstić information content (AvgIpc) is 2.88. The first-order valence-corrected chi connectivity index (χ1v) is 15.2. The third-order valence-electron chi connectivity index (χ3n) is 7.08. The van der Waals surface area contributed by atoms with Gasteiger partial charge in [-0.2, -0.15) is 0 Å². The first-order chi connectivity index (χ1) is 17.6. The second kappa shape index (κ2) is 13.6. The van der Waals surface area contributed by atoms with Gasteiger partial charge in [-0.25, -0.2) is 8.42 Å². The number of aryl methyl sites for hydroxylation is 1. The number of hydrogen-bond donors (Lipinski definition) is 1. The van der Waals surface area contributed by atoms with Gasteiger partial charge in [0.1, 0.15) is 6.04 Å². The quantitative estimate of drug-likeness (QED) is 0.442. The minimum absolute atomic E-state index is 0.120. The van der Waals surface area contributed by atoms with E-state index >= 15 is 0 Å². The molecule has 0 heterocycles. The number of carbonyl (C=O) groups excluding carboxylic acids is 2. The van der Waals surface area contributed by atoms with Crippen molar-refractivity contribution in [2.24, 2.45) is 0 Å². The molecule has 2 aromatic carbocycles. The maximum Gasteiger partial charge on any atom is 0.242 e. The smallest absolute Gasteiger partial charge is 0.242 e. The molecule has 1 saturated carbocycles. The Bertz CT molecular complexity index is 1110. The van der Waals surface area contributed by atoms with Gasteiger partial charge in [-0.3, -0.25) is 13.9 Å². The molecular formula is C29H41N3O4S. The van der Waals surface area contributed by atoms with E-state index < -0.39 is 16.1 Å². The summed E-state index contributed by atoms with van der Waals surface area (Å²) in [4.78, 5) is 28.1. The molecule has 3 rings (SSSR count). The van der Waals surface area contributed by atoms with E-state index in [1.54, 1.807) is 24.0 Å². The molecule has 37 heavy (non-hydrogen) atoms. The Labute approximate surface area is 222 Å². The van der Waals surface area contributed by atoms with E-state index in [1.165, 1.54) is 17.0 Å². The fourth-order valence-electron chi connectivity index (χ4n) is 4.85. The summed E-state index contributed by atoms with van der Waals surface area (Å²) in [6.07, 6.45) is 7.75. The van der Waals surface area contributed by atoms with Gasteiger partial charge in [-0.15, -0.1) is 0 Å². The van der Waals surface area contributed by atoms with Crippen molar-refractivity contribution in [1.29, 1.82) is 0 Å².